The molecular formula is C41H79O8P. The van der Waals surface area contributed by atoms with E-state index in [4.69, 9.17) is 14.0 Å². The van der Waals surface area contributed by atoms with Crippen LogP contribution < -0.4 is 0 Å². The van der Waals surface area contributed by atoms with Crippen molar-refractivity contribution in [2.24, 2.45) is 0 Å². The Kier molecular flexibility index (Phi) is 36.6. The van der Waals surface area contributed by atoms with Crippen LogP contribution in [0.3, 0.4) is 0 Å². The molecule has 0 heterocycles. The molecule has 0 spiro atoms. The summed E-state index contributed by atoms with van der Waals surface area (Å²) in [6, 6.07) is 0. The van der Waals surface area contributed by atoms with Gasteiger partial charge in [-0.05, 0) is 38.5 Å². The number of carbonyl (C=O) groups is 2. The normalized spacial score (nSPS) is 13.4. The molecule has 0 bridgehead atoms. The van der Waals surface area contributed by atoms with Crippen molar-refractivity contribution in [1.82, 2.24) is 0 Å². The minimum atomic E-state index is -4.25. The average Bonchev–Trinajstić information content (AvgIpc) is 3.10. The number of phosphoric acid groups is 1. The first-order valence-electron chi connectivity index (χ1n) is 20.9. The Morgan fingerprint density at radius 1 is 0.540 bits per heavy atom. The number of esters is 2. The molecule has 0 saturated carbocycles. The molecule has 0 saturated heterocycles. The average molecular weight is 731 g/mol. The van der Waals surface area contributed by atoms with Crippen molar-refractivity contribution >= 4 is 19.8 Å². The summed E-state index contributed by atoms with van der Waals surface area (Å²) < 4.78 is 31.9. The Morgan fingerprint density at radius 3 is 1.32 bits per heavy atom. The highest BCUT2D eigenvalue weighted by Crippen LogP contribution is 2.42. The zero-order valence-electron chi connectivity index (χ0n) is 32.8. The lowest BCUT2D eigenvalue weighted by molar-refractivity contribution is -0.161. The van der Waals surface area contributed by atoms with E-state index in [2.05, 4.69) is 30.5 Å². The van der Waals surface area contributed by atoms with Gasteiger partial charge in [-0.15, -0.1) is 0 Å². The van der Waals surface area contributed by atoms with E-state index in [9.17, 15) is 19.0 Å². The Hall–Kier alpha value is -1.21. The molecule has 0 fully saturated rings. The summed E-state index contributed by atoms with van der Waals surface area (Å²) in [7, 11) is -3.19. The van der Waals surface area contributed by atoms with Crippen LogP contribution in [0.15, 0.2) is 12.2 Å². The van der Waals surface area contributed by atoms with Crippen molar-refractivity contribution in [3.8, 4) is 0 Å². The summed E-state index contributed by atoms with van der Waals surface area (Å²) >= 11 is 0. The van der Waals surface area contributed by atoms with Crippen molar-refractivity contribution < 1.29 is 37.6 Å². The van der Waals surface area contributed by atoms with Gasteiger partial charge in [-0.2, -0.15) is 0 Å². The Labute approximate surface area is 308 Å². The minimum absolute atomic E-state index is 0.223. The molecule has 2 atom stereocenters. The number of carbonyl (C=O) groups excluding carboxylic acids is 2. The van der Waals surface area contributed by atoms with E-state index in [0.717, 1.165) is 58.5 Å². The maximum Gasteiger partial charge on any atom is 0.472 e. The predicted octanol–water partition coefficient (Wildman–Crippen LogP) is 12.9. The second kappa shape index (κ2) is 37.5. The lowest BCUT2D eigenvalue weighted by Crippen LogP contribution is -2.29. The quantitative estimate of drug-likeness (QED) is 0.0288. The molecule has 9 heteroatoms. The summed E-state index contributed by atoms with van der Waals surface area (Å²) in [5.74, 6) is -0.804. The van der Waals surface area contributed by atoms with Crippen LogP contribution in [0.2, 0.25) is 0 Å². The second-order valence-corrected chi connectivity index (χ2v) is 15.7. The molecule has 2 unspecified atom stereocenters. The van der Waals surface area contributed by atoms with E-state index in [-0.39, 0.29) is 19.0 Å². The first kappa shape index (κ1) is 48.8. The van der Waals surface area contributed by atoms with E-state index < -0.39 is 26.5 Å². The van der Waals surface area contributed by atoms with Crippen molar-refractivity contribution in [2.45, 2.75) is 219 Å². The van der Waals surface area contributed by atoms with Crippen LogP contribution in [-0.4, -0.2) is 43.3 Å². The molecule has 0 aliphatic carbocycles. The van der Waals surface area contributed by atoms with Crippen LogP contribution in [0.5, 0.6) is 0 Å². The second-order valence-electron chi connectivity index (χ2n) is 14.1. The number of ether oxygens (including phenoxy) is 2. The number of hydrogen-bond donors (Lipinski definition) is 1. The molecule has 0 amide bonds. The van der Waals surface area contributed by atoms with Crippen LogP contribution in [-0.2, 0) is 32.7 Å². The van der Waals surface area contributed by atoms with Gasteiger partial charge in [0.1, 0.15) is 6.61 Å². The van der Waals surface area contributed by atoms with Gasteiger partial charge >= 0.3 is 19.8 Å². The maximum atomic E-state index is 12.5. The van der Waals surface area contributed by atoms with Crippen LogP contribution in [0.4, 0.5) is 0 Å². The molecule has 0 aromatic heterocycles. The van der Waals surface area contributed by atoms with Gasteiger partial charge in [0.05, 0.1) is 6.61 Å². The monoisotopic (exact) mass is 731 g/mol. The first-order chi connectivity index (χ1) is 24.3. The topological polar surface area (TPSA) is 108 Å². The van der Waals surface area contributed by atoms with Crippen molar-refractivity contribution in [2.75, 3.05) is 20.3 Å². The molecule has 0 radical (unpaired) electrons. The van der Waals surface area contributed by atoms with Crippen LogP contribution in [0, 0.1) is 0 Å². The van der Waals surface area contributed by atoms with E-state index >= 15 is 0 Å². The van der Waals surface area contributed by atoms with Crippen molar-refractivity contribution in [3.63, 3.8) is 0 Å². The highest BCUT2D eigenvalue weighted by molar-refractivity contribution is 7.47. The third-order valence-corrected chi connectivity index (χ3v) is 10.2. The molecular weight excluding hydrogens is 651 g/mol. The maximum absolute atomic E-state index is 12.5. The SMILES string of the molecule is CCCCCC/C=C\CCCCCCCC(=O)OC(COC(=O)CCCCCCCCCCCCCCCCCCCC)COP(=O)(O)OC. The first-order valence-corrected chi connectivity index (χ1v) is 22.4. The van der Waals surface area contributed by atoms with Crippen molar-refractivity contribution in [3.05, 3.63) is 12.2 Å². The highest BCUT2D eigenvalue weighted by Gasteiger charge is 2.24. The smallest absolute Gasteiger partial charge is 0.462 e. The Morgan fingerprint density at radius 2 is 0.900 bits per heavy atom. The van der Waals surface area contributed by atoms with Gasteiger partial charge in [0.15, 0.2) is 6.10 Å². The fourth-order valence-corrected chi connectivity index (χ4v) is 6.47. The third kappa shape index (κ3) is 36.6. The van der Waals surface area contributed by atoms with E-state index in [1.807, 2.05) is 0 Å². The third-order valence-electron chi connectivity index (χ3n) is 9.26. The van der Waals surface area contributed by atoms with Crippen LogP contribution in [0.1, 0.15) is 213 Å². The fourth-order valence-electron chi connectivity index (χ4n) is 6.01. The van der Waals surface area contributed by atoms with Gasteiger partial charge < -0.3 is 14.4 Å². The zero-order valence-corrected chi connectivity index (χ0v) is 33.7. The lowest BCUT2D eigenvalue weighted by atomic mass is 10.0. The van der Waals surface area contributed by atoms with Gasteiger partial charge in [-0.25, -0.2) is 4.57 Å². The molecule has 296 valence electrons. The Bertz CT molecular complexity index is 833. The number of unbranched alkanes of at least 4 members (excludes halogenated alkanes) is 26. The van der Waals surface area contributed by atoms with Crippen molar-refractivity contribution in [1.29, 1.82) is 0 Å². The number of allylic oxidation sites excluding steroid dienone is 2. The number of hydrogen-bond acceptors (Lipinski definition) is 7. The minimum Gasteiger partial charge on any atom is -0.462 e. The fraction of sp³-hybridized carbons (Fsp3) is 0.902. The summed E-state index contributed by atoms with van der Waals surface area (Å²) in [6.07, 6.45) is 39.8. The molecule has 1 N–H and O–H groups in total. The predicted molar refractivity (Wildman–Crippen MR) is 207 cm³/mol. The number of phosphoric ester groups is 1. The molecule has 0 aromatic carbocycles. The van der Waals surface area contributed by atoms with Crippen LogP contribution >= 0.6 is 7.82 Å². The highest BCUT2D eigenvalue weighted by atomic mass is 31.2. The van der Waals surface area contributed by atoms with Gasteiger partial charge in [-0.3, -0.25) is 18.6 Å². The number of rotatable bonds is 39. The van der Waals surface area contributed by atoms with Gasteiger partial charge in [0.2, 0.25) is 0 Å². The van der Waals surface area contributed by atoms with Gasteiger partial charge in [0, 0.05) is 20.0 Å². The van der Waals surface area contributed by atoms with E-state index in [0.29, 0.717) is 12.8 Å². The summed E-state index contributed by atoms with van der Waals surface area (Å²) in [5.41, 5.74) is 0. The zero-order chi connectivity index (χ0) is 36.8. The molecule has 0 rings (SSSR count). The molecule has 0 aliphatic rings. The van der Waals surface area contributed by atoms with E-state index in [1.54, 1.807) is 0 Å². The van der Waals surface area contributed by atoms with Crippen LogP contribution in [0.25, 0.3) is 0 Å². The molecule has 0 aromatic rings. The van der Waals surface area contributed by atoms with Gasteiger partial charge in [-0.1, -0.05) is 174 Å². The Balaban J connectivity index is 3.96. The standard InChI is InChI=1S/C41H79O8P/c1-4-6-8-10-12-14-16-18-19-20-21-22-24-25-27-29-31-33-35-40(42)47-37-39(38-48-50(44,45)46-3)49-41(43)36-34-32-30-28-26-23-17-15-13-11-9-7-5-2/h15,17,39H,4-14,16,18-38H2,1-3H3,(H,44,45)/b17-15-. The largest absolute Gasteiger partial charge is 0.472 e. The molecule has 0 aliphatic heterocycles. The van der Waals surface area contributed by atoms with Gasteiger partial charge in [0.25, 0.3) is 0 Å². The molecule has 8 nitrogen and oxygen atoms in total. The summed E-state index contributed by atoms with van der Waals surface area (Å²) in [4.78, 5) is 34.4. The summed E-state index contributed by atoms with van der Waals surface area (Å²) in [6.45, 7) is 3.88. The lowest BCUT2D eigenvalue weighted by Gasteiger charge is -2.19. The van der Waals surface area contributed by atoms with E-state index in [1.165, 1.54) is 128 Å². The molecule has 50 heavy (non-hydrogen) atoms. The summed E-state index contributed by atoms with van der Waals surface area (Å²) in [5, 5.41) is 0.